The number of nitrogens with one attached hydrogen (secondary N) is 1. The van der Waals surface area contributed by atoms with Crippen molar-refractivity contribution in [3.8, 4) is 0 Å². The van der Waals surface area contributed by atoms with E-state index in [0.717, 1.165) is 11.1 Å². The third-order valence-electron chi connectivity index (χ3n) is 2.90. The first-order valence-electron chi connectivity index (χ1n) is 6.24. The number of benzene rings is 1. The van der Waals surface area contributed by atoms with Gasteiger partial charge in [0, 0.05) is 12.5 Å². The summed E-state index contributed by atoms with van der Waals surface area (Å²) in [7, 11) is 0. The Morgan fingerprint density at radius 2 is 1.89 bits per heavy atom. The molecule has 0 aliphatic heterocycles. The van der Waals surface area contributed by atoms with Crippen LogP contribution in [0.3, 0.4) is 0 Å². The van der Waals surface area contributed by atoms with E-state index in [9.17, 15) is 9.59 Å². The van der Waals surface area contributed by atoms with Crippen LogP contribution in [0.1, 0.15) is 36.9 Å². The molecule has 1 aromatic carbocycles. The molecule has 104 valence electrons. The van der Waals surface area contributed by atoms with Crippen molar-refractivity contribution in [3.05, 3.63) is 35.4 Å². The van der Waals surface area contributed by atoms with Crippen molar-refractivity contribution < 1.29 is 14.7 Å². The summed E-state index contributed by atoms with van der Waals surface area (Å²) in [6.45, 7) is 3.73. The molecule has 0 heterocycles. The molecule has 0 spiro atoms. The van der Waals surface area contributed by atoms with Crippen LogP contribution in [-0.2, 0) is 9.59 Å². The summed E-state index contributed by atoms with van der Waals surface area (Å²) in [5.74, 6) is -1.16. The van der Waals surface area contributed by atoms with E-state index in [2.05, 4.69) is 5.32 Å². The lowest BCUT2D eigenvalue weighted by atomic mass is 10.0. The molecule has 5 nitrogen and oxygen atoms in total. The van der Waals surface area contributed by atoms with E-state index >= 15 is 0 Å². The molecule has 1 aromatic rings. The molecular formula is C14H20N2O3. The maximum atomic E-state index is 11.9. The highest BCUT2D eigenvalue weighted by Gasteiger charge is 2.17. The summed E-state index contributed by atoms with van der Waals surface area (Å²) in [6, 6.07) is 6.50. The van der Waals surface area contributed by atoms with E-state index in [-0.39, 0.29) is 18.4 Å². The van der Waals surface area contributed by atoms with E-state index < -0.39 is 12.0 Å². The van der Waals surface area contributed by atoms with Crippen LogP contribution in [0.25, 0.3) is 0 Å². The number of aliphatic carboxylic acids is 1. The quantitative estimate of drug-likeness (QED) is 0.723. The van der Waals surface area contributed by atoms with Gasteiger partial charge < -0.3 is 16.2 Å². The topological polar surface area (TPSA) is 92.4 Å². The molecule has 0 bridgehead atoms. The smallest absolute Gasteiger partial charge is 0.303 e. The summed E-state index contributed by atoms with van der Waals surface area (Å²) < 4.78 is 0. The van der Waals surface area contributed by atoms with Gasteiger partial charge in [0.05, 0.1) is 0 Å². The molecule has 0 saturated heterocycles. The van der Waals surface area contributed by atoms with Gasteiger partial charge in [0.2, 0.25) is 5.91 Å². The second-order valence-electron chi connectivity index (χ2n) is 4.73. The largest absolute Gasteiger partial charge is 0.481 e. The van der Waals surface area contributed by atoms with Crippen molar-refractivity contribution in [1.82, 2.24) is 5.32 Å². The van der Waals surface area contributed by atoms with Crippen LogP contribution < -0.4 is 11.1 Å². The molecule has 19 heavy (non-hydrogen) atoms. The minimum Gasteiger partial charge on any atom is -0.481 e. The summed E-state index contributed by atoms with van der Waals surface area (Å²) in [6.07, 6.45) is 0.420. The lowest BCUT2D eigenvalue weighted by Crippen LogP contribution is -2.39. The number of carbonyl (C=O) groups is 2. The predicted molar refractivity (Wildman–Crippen MR) is 72.6 cm³/mol. The number of rotatable bonds is 6. The molecule has 1 amide bonds. The first kappa shape index (κ1) is 15.2. The third-order valence-corrected chi connectivity index (χ3v) is 2.90. The number of amides is 1. The van der Waals surface area contributed by atoms with Gasteiger partial charge in [-0.1, -0.05) is 29.8 Å². The van der Waals surface area contributed by atoms with E-state index in [4.69, 9.17) is 10.8 Å². The number of hydrogen-bond donors (Lipinski definition) is 3. The Bertz CT molecular complexity index is 443. The molecule has 0 aromatic heterocycles. The Balaban J connectivity index is 2.52. The minimum absolute atomic E-state index is 0.0290. The Hall–Kier alpha value is -1.88. The standard InChI is InChI=1S/C14H20N2O3/c1-9-3-6-11(7-4-9)13(15)14(19)16-10(2)5-8-12(17)18/h3-4,6-7,10,13H,5,8,15H2,1-2H3,(H,16,19)(H,17,18). The van der Waals surface area contributed by atoms with Gasteiger partial charge in [-0.2, -0.15) is 0 Å². The SMILES string of the molecule is Cc1ccc(C(N)C(=O)NC(C)CCC(=O)O)cc1. The average Bonchev–Trinajstić information content (AvgIpc) is 2.36. The van der Waals surface area contributed by atoms with E-state index in [1.54, 1.807) is 6.92 Å². The zero-order chi connectivity index (χ0) is 14.4. The molecule has 0 saturated carbocycles. The second-order valence-corrected chi connectivity index (χ2v) is 4.73. The fourth-order valence-corrected chi connectivity index (χ4v) is 1.67. The Morgan fingerprint density at radius 1 is 1.32 bits per heavy atom. The minimum atomic E-state index is -0.871. The maximum Gasteiger partial charge on any atom is 0.303 e. The molecule has 0 radical (unpaired) electrons. The summed E-state index contributed by atoms with van der Waals surface area (Å²) >= 11 is 0. The Labute approximate surface area is 112 Å². The Kier molecular flexibility index (Phi) is 5.51. The molecule has 2 atom stereocenters. The summed E-state index contributed by atoms with van der Waals surface area (Å²) in [5, 5.41) is 11.3. The van der Waals surface area contributed by atoms with Gasteiger partial charge >= 0.3 is 5.97 Å². The molecule has 0 aliphatic rings. The number of carboxylic acids is 1. The van der Waals surface area contributed by atoms with E-state index in [0.29, 0.717) is 6.42 Å². The fraction of sp³-hybridized carbons (Fsp3) is 0.429. The van der Waals surface area contributed by atoms with Crippen molar-refractivity contribution in [2.24, 2.45) is 5.73 Å². The third kappa shape index (κ3) is 5.09. The number of carboxylic acid groups (broad SMARTS) is 1. The van der Waals surface area contributed by atoms with Gasteiger partial charge in [-0.05, 0) is 25.8 Å². The number of nitrogens with two attached hydrogens (primary N) is 1. The van der Waals surface area contributed by atoms with E-state index in [1.807, 2.05) is 31.2 Å². The highest BCUT2D eigenvalue weighted by Crippen LogP contribution is 2.12. The van der Waals surface area contributed by atoms with Gasteiger partial charge in [0.1, 0.15) is 6.04 Å². The first-order chi connectivity index (χ1) is 8.90. The zero-order valence-corrected chi connectivity index (χ0v) is 11.2. The average molecular weight is 264 g/mol. The monoisotopic (exact) mass is 264 g/mol. The van der Waals surface area contributed by atoms with Crippen LogP contribution in [0, 0.1) is 6.92 Å². The highest BCUT2D eigenvalue weighted by atomic mass is 16.4. The Morgan fingerprint density at radius 3 is 2.42 bits per heavy atom. The highest BCUT2D eigenvalue weighted by molar-refractivity contribution is 5.83. The van der Waals surface area contributed by atoms with Crippen LogP contribution in [0.5, 0.6) is 0 Å². The lowest BCUT2D eigenvalue weighted by molar-refractivity contribution is -0.137. The van der Waals surface area contributed by atoms with E-state index in [1.165, 1.54) is 0 Å². The molecular weight excluding hydrogens is 244 g/mol. The van der Waals surface area contributed by atoms with Crippen LogP contribution >= 0.6 is 0 Å². The number of aryl methyl sites for hydroxylation is 1. The van der Waals surface area contributed by atoms with Crippen LogP contribution in [0.4, 0.5) is 0 Å². The van der Waals surface area contributed by atoms with Gasteiger partial charge in [-0.3, -0.25) is 9.59 Å². The van der Waals surface area contributed by atoms with Crippen LogP contribution in [-0.4, -0.2) is 23.0 Å². The van der Waals surface area contributed by atoms with Crippen LogP contribution in [0.15, 0.2) is 24.3 Å². The summed E-state index contributed by atoms with van der Waals surface area (Å²) in [5.41, 5.74) is 7.71. The molecule has 1 rings (SSSR count). The molecule has 2 unspecified atom stereocenters. The van der Waals surface area contributed by atoms with Gasteiger partial charge in [0.15, 0.2) is 0 Å². The number of carbonyl (C=O) groups excluding carboxylic acids is 1. The molecule has 4 N–H and O–H groups in total. The summed E-state index contributed by atoms with van der Waals surface area (Å²) in [4.78, 5) is 22.3. The molecule has 5 heteroatoms. The van der Waals surface area contributed by atoms with Crippen molar-refractivity contribution in [1.29, 1.82) is 0 Å². The van der Waals surface area contributed by atoms with Crippen molar-refractivity contribution in [2.75, 3.05) is 0 Å². The number of hydrogen-bond acceptors (Lipinski definition) is 3. The normalized spacial score (nSPS) is 13.6. The molecule has 0 aliphatic carbocycles. The van der Waals surface area contributed by atoms with Gasteiger partial charge in [-0.25, -0.2) is 0 Å². The predicted octanol–water partition coefficient (Wildman–Crippen LogP) is 1.36. The van der Waals surface area contributed by atoms with Crippen LogP contribution in [0.2, 0.25) is 0 Å². The first-order valence-corrected chi connectivity index (χ1v) is 6.24. The van der Waals surface area contributed by atoms with Crippen molar-refractivity contribution in [3.63, 3.8) is 0 Å². The van der Waals surface area contributed by atoms with Crippen molar-refractivity contribution in [2.45, 2.75) is 38.8 Å². The zero-order valence-electron chi connectivity index (χ0n) is 11.2. The second kappa shape index (κ2) is 6.89. The molecule has 0 fully saturated rings. The van der Waals surface area contributed by atoms with Gasteiger partial charge in [0.25, 0.3) is 0 Å². The van der Waals surface area contributed by atoms with Gasteiger partial charge in [-0.15, -0.1) is 0 Å². The van der Waals surface area contributed by atoms with Crippen molar-refractivity contribution >= 4 is 11.9 Å². The maximum absolute atomic E-state index is 11.9. The fourth-order valence-electron chi connectivity index (χ4n) is 1.67. The lowest BCUT2D eigenvalue weighted by Gasteiger charge is -2.17.